The lowest BCUT2D eigenvalue weighted by Gasteiger charge is -2.23. The van der Waals surface area contributed by atoms with Crippen molar-refractivity contribution in [2.75, 3.05) is 19.7 Å². The Kier molecular flexibility index (Phi) is 6.81. The Balaban J connectivity index is 2.76. The van der Waals surface area contributed by atoms with Crippen LogP contribution in [-0.2, 0) is 9.53 Å². The minimum Gasteiger partial charge on any atom is -0.466 e. The number of aliphatic hydroxyl groups excluding tert-OH is 1. The van der Waals surface area contributed by atoms with E-state index in [1.807, 2.05) is 0 Å². The summed E-state index contributed by atoms with van der Waals surface area (Å²) < 4.78 is 18.0. The Hall–Kier alpha value is -1.95. The van der Waals surface area contributed by atoms with Crippen molar-refractivity contribution in [3.05, 3.63) is 35.6 Å². The van der Waals surface area contributed by atoms with Gasteiger partial charge in [0.1, 0.15) is 5.82 Å². The molecule has 1 N–H and O–H groups in total. The number of nitrogens with zero attached hydrogens (tertiary/aromatic N) is 1. The molecule has 6 heteroatoms. The number of hydrogen-bond acceptors (Lipinski definition) is 4. The van der Waals surface area contributed by atoms with Crippen LogP contribution in [0.2, 0.25) is 0 Å². The summed E-state index contributed by atoms with van der Waals surface area (Å²) in [4.78, 5) is 25.0. The van der Waals surface area contributed by atoms with Crippen LogP contribution in [0, 0.1) is 5.82 Å². The highest BCUT2D eigenvalue weighted by atomic mass is 19.1. The third-order valence-corrected chi connectivity index (χ3v) is 2.73. The van der Waals surface area contributed by atoms with Gasteiger partial charge in [0.15, 0.2) is 0 Å². The molecular weight excluding hydrogens is 277 g/mol. The summed E-state index contributed by atoms with van der Waals surface area (Å²) in [6, 6.07) is 5.30. The molecule has 1 unspecified atom stereocenters. The van der Waals surface area contributed by atoms with Crippen molar-refractivity contribution in [1.29, 1.82) is 0 Å². The van der Waals surface area contributed by atoms with Crippen molar-refractivity contribution in [2.24, 2.45) is 0 Å². The number of carbonyl (C=O) groups excluding carboxylic acids is 2. The lowest BCUT2D eigenvalue weighted by molar-refractivity contribution is -0.143. The highest BCUT2D eigenvalue weighted by Crippen LogP contribution is 2.09. The Bertz CT molecular complexity index is 490. The average molecular weight is 297 g/mol. The Labute approximate surface area is 123 Å². The molecule has 0 aliphatic carbocycles. The Morgan fingerprint density at radius 1 is 1.43 bits per heavy atom. The zero-order chi connectivity index (χ0) is 15.8. The van der Waals surface area contributed by atoms with Crippen LogP contribution >= 0.6 is 0 Å². The van der Waals surface area contributed by atoms with E-state index in [-0.39, 0.29) is 31.7 Å². The SMILES string of the molecule is CCOC(=O)CCN(CC(C)O)C(=O)c1cccc(F)c1. The predicted molar refractivity (Wildman–Crippen MR) is 75.2 cm³/mol. The third-order valence-electron chi connectivity index (χ3n) is 2.73. The fraction of sp³-hybridized carbons (Fsp3) is 0.467. The second kappa shape index (κ2) is 8.36. The van der Waals surface area contributed by atoms with E-state index < -0.39 is 23.8 Å². The number of amides is 1. The van der Waals surface area contributed by atoms with Gasteiger partial charge < -0.3 is 14.7 Å². The summed E-state index contributed by atoms with van der Waals surface area (Å²) >= 11 is 0. The van der Waals surface area contributed by atoms with Gasteiger partial charge >= 0.3 is 5.97 Å². The zero-order valence-corrected chi connectivity index (χ0v) is 12.2. The molecule has 0 radical (unpaired) electrons. The summed E-state index contributed by atoms with van der Waals surface area (Å²) in [5.74, 6) is -1.36. The van der Waals surface area contributed by atoms with E-state index in [1.165, 1.54) is 30.0 Å². The van der Waals surface area contributed by atoms with Gasteiger partial charge in [0.05, 0.1) is 19.1 Å². The highest BCUT2D eigenvalue weighted by Gasteiger charge is 2.19. The van der Waals surface area contributed by atoms with Crippen molar-refractivity contribution < 1.29 is 23.8 Å². The summed E-state index contributed by atoms with van der Waals surface area (Å²) in [5, 5.41) is 9.46. The van der Waals surface area contributed by atoms with Gasteiger partial charge in [0.25, 0.3) is 5.91 Å². The summed E-state index contributed by atoms with van der Waals surface area (Å²) in [6.45, 7) is 3.68. The fourth-order valence-corrected chi connectivity index (χ4v) is 1.86. The molecule has 1 amide bonds. The van der Waals surface area contributed by atoms with Gasteiger partial charge in [0.2, 0.25) is 0 Å². The molecule has 0 bridgehead atoms. The van der Waals surface area contributed by atoms with Crippen LogP contribution in [0.4, 0.5) is 4.39 Å². The van der Waals surface area contributed by atoms with Crippen LogP contribution in [0.25, 0.3) is 0 Å². The molecule has 21 heavy (non-hydrogen) atoms. The van der Waals surface area contributed by atoms with Gasteiger partial charge in [-0.3, -0.25) is 9.59 Å². The molecule has 116 valence electrons. The summed E-state index contributed by atoms with van der Waals surface area (Å²) in [6.07, 6.45) is -0.716. The van der Waals surface area contributed by atoms with Crippen LogP contribution in [0.5, 0.6) is 0 Å². The molecule has 0 aliphatic rings. The predicted octanol–water partition coefficient (Wildman–Crippen LogP) is 1.60. The van der Waals surface area contributed by atoms with Gasteiger partial charge in [-0.1, -0.05) is 6.07 Å². The van der Waals surface area contributed by atoms with E-state index >= 15 is 0 Å². The normalized spacial score (nSPS) is 11.8. The largest absolute Gasteiger partial charge is 0.466 e. The maximum absolute atomic E-state index is 13.2. The van der Waals surface area contributed by atoms with E-state index in [0.29, 0.717) is 0 Å². The topological polar surface area (TPSA) is 66.8 Å². The maximum Gasteiger partial charge on any atom is 0.307 e. The molecule has 0 aromatic heterocycles. The molecular formula is C15H20FNO4. The van der Waals surface area contributed by atoms with E-state index in [0.717, 1.165) is 6.07 Å². The van der Waals surface area contributed by atoms with Crippen LogP contribution in [0.1, 0.15) is 30.6 Å². The molecule has 0 heterocycles. The first kappa shape index (κ1) is 17.1. The van der Waals surface area contributed by atoms with Crippen molar-refractivity contribution >= 4 is 11.9 Å². The Morgan fingerprint density at radius 2 is 2.14 bits per heavy atom. The van der Waals surface area contributed by atoms with Crippen molar-refractivity contribution in [2.45, 2.75) is 26.4 Å². The number of carbonyl (C=O) groups is 2. The molecule has 1 atom stereocenters. The number of ether oxygens (including phenoxy) is 1. The van der Waals surface area contributed by atoms with Crippen molar-refractivity contribution in [1.82, 2.24) is 4.90 Å². The molecule has 0 spiro atoms. The molecule has 1 aromatic rings. The van der Waals surface area contributed by atoms with Crippen LogP contribution in [0.15, 0.2) is 24.3 Å². The molecule has 1 aromatic carbocycles. The van der Waals surface area contributed by atoms with Crippen LogP contribution < -0.4 is 0 Å². The average Bonchev–Trinajstić information content (AvgIpc) is 2.42. The lowest BCUT2D eigenvalue weighted by atomic mass is 10.1. The molecule has 0 saturated carbocycles. The molecule has 5 nitrogen and oxygen atoms in total. The lowest BCUT2D eigenvalue weighted by Crippen LogP contribution is -2.38. The van der Waals surface area contributed by atoms with Gasteiger partial charge in [-0.05, 0) is 32.0 Å². The standard InChI is InChI=1S/C15H20FNO4/c1-3-21-14(19)7-8-17(10-11(2)18)15(20)12-5-4-6-13(16)9-12/h4-6,9,11,18H,3,7-8,10H2,1-2H3. The van der Waals surface area contributed by atoms with E-state index in [2.05, 4.69) is 0 Å². The molecule has 1 rings (SSSR count). The van der Waals surface area contributed by atoms with Crippen LogP contribution in [0.3, 0.4) is 0 Å². The number of halogens is 1. The van der Waals surface area contributed by atoms with E-state index in [9.17, 15) is 19.1 Å². The van der Waals surface area contributed by atoms with Gasteiger partial charge in [0, 0.05) is 18.7 Å². The monoisotopic (exact) mass is 297 g/mol. The second-order valence-corrected chi connectivity index (χ2v) is 4.67. The van der Waals surface area contributed by atoms with Gasteiger partial charge in [-0.15, -0.1) is 0 Å². The molecule has 0 aliphatic heterocycles. The second-order valence-electron chi connectivity index (χ2n) is 4.67. The van der Waals surface area contributed by atoms with E-state index in [1.54, 1.807) is 6.92 Å². The first-order valence-corrected chi connectivity index (χ1v) is 6.82. The molecule has 0 fully saturated rings. The minimum atomic E-state index is -0.746. The third kappa shape index (κ3) is 5.91. The number of esters is 1. The highest BCUT2D eigenvalue weighted by molar-refractivity contribution is 5.94. The number of aliphatic hydroxyl groups is 1. The number of rotatable bonds is 7. The fourth-order valence-electron chi connectivity index (χ4n) is 1.86. The number of hydrogen-bond donors (Lipinski definition) is 1. The van der Waals surface area contributed by atoms with Gasteiger partial charge in [-0.25, -0.2) is 4.39 Å². The summed E-state index contributed by atoms with van der Waals surface area (Å²) in [7, 11) is 0. The van der Waals surface area contributed by atoms with Gasteiger partial charge in [-0.2, -0.15) is 0 Å². The van der Waals surface area contributed by atoms with Crippen molar-refractivity contribution in [3.8, 4) is 0 Å². The Morgan fingerprint density at radius 3 is 2.71 bits per heavy atom. The first-order valence-electron chi connectivity index (χ1n) is 6.82. The summed E-state index contributed by atoms with van der Waals surface area (Å²) in [5.41, 5.74) is 0.180. The zero-order valence-electron chi connectivity index (χ0n) is 12.2. The molecule has 0 saturated heterocycles. The van der Waals surface area contributed by atoms with Crippen molar-refractivity contribution in [3.63, 3.8) is 0 Å². The smallest absolute Gasteiger partial charge is 0.307 e. The first-order chi connectivity index (χ1) is 9.93. The maximum atomic E-state index is 13.2. The van der Waals surface area contributed by atoms with Crippen LogP contribution in [-0.4, -0.2) is 47.7 Å². The van der Waals surface area contributed by atoms with E-state index in [4.69, 9.17) is 4.74 Å². The number of benzene rings is 1. The quantitative estimate of drug-likeness (QED) is 0.776. The minimum absolute atomic E-state index is 0.0294.